The first-order valence-electron chi connectivity index (χ1n) is 7.19. The average molecular weight is 290 g/mol. The molecule has 0 saturated carbocycles. The largest absolute Gasteiger partial charge is 0.334 e. The molecule has 2 aliphatic rings. The summed E-state index contributed by atoms with van der Waals surface area (Å²) >= 11 is 1.64. The maximum Gasteiger partial charge on any atom is 0.258 e. The Hall–Kier alpha value is -1.24. The summed E-state index contributed by atoms with van der Waals surface area (Å²) in [6.07, 6.45) is 2.65. The van der Waals surface area contributed by atoms with Gasteiger partial charge in [-0.3, -0.25) is 4.90 Å². The Balaban J connectivity index is 1.42. The fourth-order valence-corrected chi connectivity index (χ4v) is 3.92. The van der Waals surface area contributed by atoms with E-state index in [4.69, 9.17) is 4.52 Å². The molecular formula is C14H18N4OS. The lowest BCUT2D eigenvalue weighted by Gasteiger charge is -2.24. The first-order valence-corrected chi connectivity index (χ1v) is 8.13. The fraction of sp³-hybridized carbons (Fsp3) is 0.571. The van der Waals surface area contributed by atoms with E-state index in [9.17, 15) is 0 Å². The Kier molecular flexibility index (Phi) is 3.29. The third-order valence-electron chi connectivity index (χ3n) is 4.28. The van der Waals surface area contributed by atoms with E-state index < -0.39 is 0 Å². The van der Waals surface area contributed by atoms with Crippen LogP contribution in [0.5, 0.6) is 0 Å². The van der Waals surface area contributed by atoms with Gasteiger partial charge in [-0.05, 0) is 36.8 Å². The Labute approximate surface area is 122 Å². The van der Waals surface area contributed by atoms with Crippen LogP contribution in [-0.2, 0) is 6.54 Å². The molecule has 5 nitrogen and oxygen atoms in total. The van der Waals surface area contributed by atoms with E-state index in [1.165, 1.54) is 19.4 Å². The molecule has 4 heterocycles. The molecule has 0 aliphatic carbocycles. The molecule has 4 rings (SSSR count). The average Bonchev–Trinajstić information content (AvgIpc) is 3.18. The van der Waals surface area contributed by atoms with Gasteiger partial charge in [-0.2, -0.15) is 16.3 Å². The molecular weight excluding hydrogens is 272 g/mol. The van der Waals surface area contributed by atoms with Crippen molar-refractivity contribution in [2.24, 2.45) is 5.92 Å². The van der Waals surface area contributed by atoms with E-state index in [-0.39, 0.29) is 0 Å². The van der Waals surface area contributed by atoms with Gasteiger partial charge >= 0.3 is 0 Å². The zero-order valence-electron chi connectivity index (χ0n) is 11.3. The zero-order chi connectivity index (χ0) is 13.4. The van der Waals surface area contributed by atoms with E-state index in [0.29, 0.717) is 11.9 Å². The fourth-order valence-electron chi connectivity index (χ4n) is 3.29. The third-order valence-corrected chi connectivity index (χ3v) is 4.96. The summed E-state index contributed by atoms with van der Waals surface area (Å²) in [6, 6.07) is 2.67. The summed E-state index contributed by atoms with van der Waals surface area (Å²) in [4.78, 5) is 6.94. The summed E-state index contributed by atoms with van der Waals surface area (Å²) < 4.78 is 5.34. The van der Waals surface area contributed by atoms with Gasteiger partial charge in [0.1, 0.15) is 0 Å². The van der Waals surface area contributed by atoms with Crippen molar-refractivity contribution in [1.82, 2.24) is 20.4 Å². The van der Waals surface area contributed by atoms with Crippen molar-refractivity contribution in [1.29, 1.82) is 0 Å². The molecule has 2 atom stereocenters. The van der Waals surface area contributed by atoms with Gasteiger partial charge in [0, 0.05) is 24.5 Å². The van der Waals surface area contributed by atoms with E-state index in [2.05, 4.69) is 20.4 Å². The number of piperidine rings is 1. The summed E-state index contributed by atoms with van der Waals surface area (Å²) in [6.45, 7) is 4.22. The minimum absolute atomic E-state index is 0.635. The van der Waals surface area contributed by atoms with Crippen LogP contribution in [0.2, 0.25) is 0 Å². The second-order valence-electron chi connectivity index (χ2n) is 5.68. The molecule has 2 aromatic heterocycles. The highest BCUT2D eigenvalue weighted by Crippen LogP contribution is 2.26. The predicted molar refractivity (Wildman–Crippen MR) is 77.4 cm³/mol. The Morgan fingerprint density at radius 1 is 1.45 bits per heavy atom. The quantitative estimate of drug-likeness (QED) is 0.937. The van der Waals surface area contributed by atoms with E-state index in [1.54, 1.807) is 11.3 Å². The number of aromatic nitrogens is 2. The van der Waals surface area contributed by atoms with Crippen LogP contribution >= 0.6 is 11.3 Å². The summed E-state index contributed by atoms with van der Waals surface area (Å²) in [5.74, 6) is 2.23. The van der Waals surface area contributed by atoms with Gasteiger partial charge in [0.05, 0.1) is 12.1 Å². The van der Waals surface area contributed by atoms with Crippen LogP contribution in [0.4, 0.5) is 0 Å². The highest BCUT2D eigenvalue weighted by Gasteiger charge is 2.34. The molecule has 2 fully saturated rings. The number of nitrogens with zero attached hydrogens (tertiary/aromatic N) is 3. The second-order valence-corrected chi connectivity index (χ2v) is 6.46. The van der Waals surface area contributed by atoms with Crippen molar-refractivity contribution in [3.8, 4) is 11.5 Å². The molecule has 6 heteroatoms. The lowest BCUT2D eigenvalue weighted by atomic mass is 9.94. The molecule has 20 heavy (non-hydrogen) atoms. The first kappa shape index (κ1) is 12.5. The predicted octanol–water partition coefficient (Wildman–Crippen LogP) is 1.98. The number of fused-ring (bicyclic) bond motifs is 1. The van der Waals surface area contributed by atoms with Crippen molar-refractivity contribution >= 4 is 11.3 Å². The van der Waals surface area contributed by atoms with Gasteiger partial charge in [0.2, 0.25) is 0 Å². The number of likely N-dealkylation sites (tertiary alicyclic amines) is 1. The second kappa shape index (κ2) is 5.27. The molecule has 1 N–H and O–H groups in total. The van der Waals surface area contributed by atoms with Crippen molar-refractivity contribution < 1.29 is 4.52 Å². The third kappa shape index (κ3) is 2.39. The first-order chi connectivity index (χ1) is 9.88. The SMILES string of the molecule is c1cc(-c2nc(CN3CC4CCCNC4C3)no2)cs1. The molecule has 2 unspecified atom stereocenters. The van der Waals surface area contributed by atoms with Crippen LogP contribution in [0.25, 0.3) is 11.5 Å². The molecule has 0 bridgehead atoms. The molecule has 0 spiro atoms. The molecule has 0 amide bonds. The van der Waals surface area contributed by atoms with Crippen LogP contribution in [0, 0.1) is 5.92 Å². The Morgan fingerprint density at radius 3 is 3.30 bits per heavy atom. The van der Waals surface area contributed by atoms with Crippen LogP contribution in [0.3, 0.4) is 0 Å². The van der Waals surface area contributed by atoms with Crippen LogP contribution < -0.4 is 5.32 Å². The van der Waals surface area contributed by atoms with Gasteiger partial charge < -0.3 is 9.84 Å². The van der Waals surface area contributed by atoms with Crippen LogP contribution in [-0.4, -0.2) is 40.7 Å². The molecule has 2 saturated heterocycles. The maximum atomic E-state index is 5.34. The molecule has 2 aliphatic heterocycles. The molecule has 106 valence electrons. The smallest absolute Gasteiger partial charge is 0.258 e. The normalized spacial score (nSPS) is 26.8. The highest BCUT2D eigenvalue weighted by molar-refractivity contribution is 7.08. The van der Waals surface area contributed by atoms with Crippen molar-refractivity contribution in [2.75, 3.05) is 19.6 Å². The van der Waals surface area contributed by atoms with Crippen molar-refractivity contribution in [3.63, 3.8) is 0 Å². The molecule has 2 aromatic rings. The standard InChI is InChI=1S/C14H18N4OS/c1-2-10-6-18(7-12(10)15-4-1)8-13-16-14(19-17-13)11-3-5-20-9-11/h3,5,9-10,12,15H,1-2,4,6-8H2. The topological polar surface area (TPSA) is 54.2 Å². The minimum Gasteiger partial charge on any atom is -0.334 e. The van der Waals surface area contributed by atoms with Crippen molar-refractivity contribution in [3.05, 3.63) is 22.7 Å². The monoisotopic (exact) mass is 290 g/mol. The van der Waals surface area contributed by atoms with Gasteiger partial charge in [-0.1, -0.05) is 5.16 Å². The Morgan fingerprint density at radius 2 is 2.45 bits per heavy atom. The Bertz CT molecular complexity index is 554. The van der Waals surface area contributed by atoms with E-state index in [1.807, 2.05) is 16.8 Å². The van der Waals surface area contributed by atoms with E-state index in [0.717, 1.165) is 36.9 Å². The number of rotatable bonds is 3. The van der Waals surface area contributed by atoms with Gasteiger partial charge in [0.25, 0.3) is 5.89 Å². The summed E-state index contributed by atoms with van der Waals surface area (Å²) in [7, 11) is 0. The number of thiophene rings is 1. The van der Waals surface area contributed by atoms with Gasteiger partial charge in [-0.15, -0.1) is 0 Å². The number of hydrogen-bond acceptors (Lipinski definition) is 6. The van der Waals surface area contributed by atoms with E-state index >= 15 is 0 Å². The summed E-state index contributed by atoms with van der Waals surface area (Å²) in [5.41, 5.74) is 1.02. The lowest BCUT2D eigenvalue weighted by molar-refractivity contribution is 0.298. The molecule has 0 aromatic carbocycles. The summed E-state index contributed by atoms with van der Waals surface area (Å²) in [5, 5.41) is 11.8. The van der Waals surface area contributed by atoms with Gasteiger partial charge in [0.15, 0.2) is 5.82 Å². The van der Waals surface area contributed by atoms with Crippen molar-refractivity contribution in [2.45, 2.75) is 25.4 Å². The molecule has 0 radical (unpaired) electrons. The maximum absolute atomic E-state index is 5.34. The number of hydrogen-bond donors (Lipinski definition) is 1. The number of nitrogens with one attached hydrogen (secondary N) is 1. The van der Waals surface area contributed by atoms with Crippen LogP contribution in [0.15, 0.2) is 21.3 Å². The minimum atomic E-state index is 0.635. The zero-order valence-corrected chi connectivity index (χ0v) is 12.1. The van der Waals surface area contributed by atoms with Gasteiger partial charge in [-0.25, -0.2) is 0 Å². The highest BCUT2D eigenvalue weighted by atomic mass is 32.1. The van der Waals surface area contributed by atoms with Crippen LogP contribution in [0.1, 0.15) is 18.7 Å². The lowest BCUT2D eigenvalue weighted by Crippen LogP contribution is -2.40.